The van der Waals surface area contributed by atoms with Gasteiger partial charge in [-0.3, -0.25) is 14.5 Å². The SMILES string of the molecule is CCCn1ncc(CN2C[C@H](c3cccc(O)c3)[C@H]3[C@@H]2C2CCN3CC2)c1C. The molecule has 4 saturated heterocycles. The molecule has 1 N–H and O–H groups in total. The van der Waals surface area contributed by atoms with E-state index in [-0.39, 0.29) is 0 Å². The Morgan fingerprint density at radius 1 is 1.18 bits per heavy atom. The highest BCUT2D eigenvalue weighted by Crippen LogP contribution is 2.47. The van der Waals surface area contributed by atoms with Gasteiger partial charge in [0.05, 0.1) is 6.20 Å². The van der Waals surface area contributed by atoms with E-state index in [9.17, 15) is 5.11 Å². The van der Waals surface area contributed by atoms with Crippen LogP contribution in [0.25, 0.3) is 0 Å². The summed E-state index contributed by atoms with van der Waals surface area (Å²) in [6.45, 7) is 9.97. The molecule has 150 valence electrons. The highest BCUT2D eigenvalue weighted by atomic mass is 16.3. The Hall–Kier alpha value is -1.85. The zero-order valence-electron chi connectivity index (χ0n) is 17.1. The minimum atomic E-state index is 0.389. The van der Waals surface area contributed by atoms with E-state index in [0.717, 1.165) is 32.0 Å². The molecular weight excluding hydrogens is 348 g/mol. The van der Waals surface area contributed by atoms with E-state index in [1.165, 1.54) is 42.8 Å². The lowest BCUT2D eigenvalue weighted by Gasteiger charge is -2.51. The number of fused-ring (bicyclic) bond motifs is 2. The summed E-state index contributed by atoms with van der Waals surface area (Å²) in [7, 11) is 0. The van der Waals surface area contributed by atoms with Gasteiger partial charge in [-0.05, 0) is 62.9 Å². The number of rotatable bonds is 5. The van der Waals surface area contributed by atoms with Gasteiger partial charge in [0.1, 0.15) is 5.75 Å². The predicted molar refractivity (Wildman–Crippen MR) is 110 cm³/mol. The lowest BCUT2D eigenvalue weighted by molar-refractivity contribution is -0.00874. The largest absolute Gasteiger partial charge is 0.508 e. The lowest BCUT2D eigenvalue weighted by atomic mass is 9.75. The average molecular weight is 381 g/mol. The van der Waals surface area contributed by atoms with Crippen molar-refractivity contribution in [3.8, 4) is 5.75 Å². The first-order chi connectivity index (χ1) is 13.7. The molecule has 6 rings (SSSR count). The number of likely N-dealkylation sites (tertiary alicyclic amines) is 1. The number of phenols is 1. The molecule has 3 atom stereocenters. The van der Waals surface area contributed by atoms with E-state index in [1.807, 2.05) is 12.1 Å². The van der Waals surface area contributed by atoms with Gasteiger partial charge in [-0.1, -0.05) is 19.1 Å². The molecule has 0 spiro atoms. The van der Waals surface area contributed by atoms with E-state index in [0.29, 0.717) is 23.8 Å². The quantitative estimate of drug-likeness (QED) is 0.864. The molecule has 0 amide bonds. The van der Waals surface area contributed by atoms with Gasteiger partial charge in [0, 0.05) is 48.9 Å². The van der Waals surface area contributed by atoms with Crippen molar-refractivity contribution < 1.29 is 5.11 Å². The van der Waals surface area contributed by atoms with Crippen LogP contribution in [0.2, 0.25) is 0 Å². The molecule has 2 aromatic rings. The summed E-state index contributed by atoms with van der Waals surface area (Å²) in [6.07, 6.45) is 5.87. The second-order valence-electron chi connectivity index (χ2n) is 8.96. The van der Waals surface area contributed by atoms with Gasteiger partial charge in [-0.25, -0.2) is 0 Å². The van der Waals surface area contributed by atoms with E-state index >= 15 is 0 Å². The van der Waals surface area contributed by atoms with Crippen molar-refractivity contribution in [3.63, 3.8) is 0 Å². The Bertz CT molecular complexity index is 839. The predicted octanol–water partition coefficient (Wildman–Crippen LogP) is 3.37. The van der Waals surface area contributed by atoms with Crippen molar-refractivity contribution in [1.29, 1.82) is 0 Å². The zero-order valence-corrected chi connectivity index (χ0v) is 17.1. The van der Waals surface area contributed by atoms with Crippen molar-refractivity contribution in [3.05, 3.63) is 47.3 Å². The average Bonchev–Trinajstić information content (AvgIpc) is 3.27. The van der Waals surface area contributed by atoms with E-state index in [4.69, 9.17) is 0 Å². The Balaban J connectivity index is 1.45. The second-order valence-corrected chi connectivity index (χ2v) is 8.96. The van der Waals surface area contributed by atoms with E-state index in [2.05, 4.69) is 45.7 Å². The number of hydrogen-bond donors (Lipinski definition) is 1. The Kier molecular flexibility index (Phi) is 4.68. The summed E-state index contributed by atoms with van der Waals surface area (Å²) < 4.78 is 2.16. The molecule has 0 radical (unpaired) electrons. The highest BCUT2D eigenvalue weighted by molar-refractivity contribution is 5.33. The summed E-state index contributed by atoms with van der Waals surface area (Å²) >= 11 is 0. The van der Waals surface area contributed by atoms with Crippen molar-refractivity contribution in [1.82, 2.24) is 19.6 Å². The van der Waals surface area contributed by atoms with Crippen molar-refractivity contribution in [2.24, 2.45) is 5.92 Å². The number of piperidine rings is 3. The first kappa shape index (κ1) is 18.2. The maximum absolute atomic E-state index is 10.1. The van der Waals surface area contributed by atoms with Crippen molar-refractivity contribution in [2.45, 2.75) is 64.2 Å². The number of benzene rings is 1. The Morgan fingerprint density at radius 2 is 2.00 bits per heavy atom. The van der Waals surface area contributed by atoms with E-state index in [1.54, 1.807) is 6.07 Å². The molecule has 5 nitrogen and oxygen atoms in total. The summed E-state index contributed by atoms with van der Waals surface area (Å²) in [6, 6.07) is 9.19. The molecule has 1 aromatic carbocycles. The van der Waals surface area contributed by atoms with Crippen LogP contribution in [0.5, 0.6) is 5.75 Å². The molecule has 0 unspecified atom stereocenters. The Morgan fingerprint density at radius 3 is 2.75 bits per heavy atom. The van der Waals surface area contributed by atoms with Gasteiger partial charge < -0.3 is 5.11 Å². The van der Waals surface area contributed by atoms with Gasteiger partial charge in [0.25, 0.3) is 0 Å². The number of hydrogen-bond acceptors (Lipinski definition) is 4. The third-order valence-electron chi connectivity index (χ3n) is 7.41. The van der Waals surface area contributed by atoms with Gasteiger partial charge in [0.15, 0.2) is 0 Å². The number of aromatic nitrogens is 2. The number of aromatic hydroxyl groups is 1. The molecule has 2 bridgehead atoms. The molecule has 4 aliphatic rings. The van der Waals surface area contributed by atoms with E-state index < -0.39 is 0 Å². The maximum atomic E-state index is 10.1. The number of nitrogens with zero attached hydrogens (tertiary/aromatic N) is 4. The van der Waals surface area contributed by atoms with Gasteiger partial charge >= 0.3 is 0 Å². The third kappa shape index (κ3) is 2.96. The van der Waals surface area contributed by atoms with Crippen LogP contribution in [0.3, 0.4) is 0 Å². The molecule has 0 aliphatic carbocycles. The second kappa shape index (κ2) is 7.20. The third-order valence-corrected chi connectivity index (χ3v) is 7.41. The van der Waals surface area contributed by atoms with Gasteiger partial charge in [0.2, 0.25) is 0 Å². The summed E-state index contributed by atoms with van der Waals surface area (Å²) in [5, 5.41) is 14.7. The fraction of sp³-hybridized carbons (Fsp3) is 0.609. The molecule has 1 aromatic heterocycles. The van der Waals surface area contributed by atoms with Crippen molar-refractivity contribution in [2.75, 3.05) is 19.6 Å². The summed E-state index contributed by atoms with van der Waals surface area (Å²) in [4.78, 5) is 5.46. The van der Waals surface area contributed by atoms with Gasteiger partial charge in [-0.15, -0.1) is 0 Å². The smallest absolute Gasteiger partial charge is 0.115 e. The fourth-order valence-corrected chi connectivity index (χ4v) is 6.07. The molecular formula is C23H32N4O. The first-order valence-electron chi connectivity index (χ1n) is 10.9. The standard InChI is InChI=1S/C23H32N4O/c1-3-9-27-16(2)19(13-24-27)14-26-15-21(18-5-4-6-20(28)12-18)23-22(26)17-7-10-25(23)11-8-17/h4-6,12-13,17,21-23,28H,3,7-11,14-15H2,1-2H3/t21-,22+,23+/m1/s1. The molecule has 5 heteroatoms. The molecule has 28 heavy (non-hydrogen) atoms. The number of phenolic OH excluding ortho intramolecular Hbond substituents is 1. The molecule has 0 saturated carbocycles. The topological polar surface area (TPSA) is 44.5 Å². The van der Waals surface area contributed by atoms with Crippen LogP contribution in [0.15, 0.2) is 30.5 Å². The highest BCUT2D eigenvalue weighted by Gasteiger charge is 2.53. The van der Waals surface area contributed by atoms with Crippen LogP contribution in [-0.2, 0) is 13.1 Å². The monoisotopic (exact) mass is 380 g/mol. The summed E-state index contributed by atoms with van der Waals surface area (Å²) in [5.74, 6) is 1.68. The first-order valence-corrected chi connectivity index (χ1v) is 10.9. The Labute approximate surface area is 168 Å². The van der Waals surface area contributed by atoms with Gasteiger partial charge in [-0.2, -0.15) is 5.10 Å². The van der Waals surface area contributed by atoms with Crippen molar-refractivity contribution >= 4 is 0 Å². The summed E-state index contributed by atoms with van der Waals surface area (Å²) in [5.41, 5.74) is 3.99. The van der Waals surface area contributed by atoms with Crippen LogP contribution in [-0.4, -0.2) is 56.4 Å². The van der Waals surface area contributed by atoms with Crippen LogP contribution < -0.4 is 0 Å². The van der Waals surface area contributed by atoms with Crippen LogP contribution >= 0.6 is 0 Å². The minimum Gasteiger partial charge on any atom is -0.508 e. The zero-order chi connectivity index (χ0) is 19.3. The molecule has 5 heterocycles. The molecule has 4 aliphatic heterocycles. The minimum absolute atomic E-state index is 0.389. The van der Waals surface area contributed by atoms with Crippen LogP contribution in [0.4, 0.5) is 0 Å². The lowest BCUT2D eigenvalue weighted by Crippen LogP contribution is -2.59. The maximum Gasteiger partial charge on any atom is 0.115 e. The van der Waals surface area contributed by atoms with Crippen LogP contribution in [0.1, 0.15) is 48.9 Å². The van der Waals surface area contributed by atoms with Crippen LogP contribution in [0, 0.1) is 12.8 Å². The molecule has 4 fully saturated rings. The number of aryl methyl sites for hydroxylation is 1. The fourth-order valence-electron chi connectivity index (χ4n) is 6.07. The normalized spacial score (nSPS) is 32.0.